The number of rotatable bonds is 0. The Morgan fingerprint density at radius 1 is 1.21 bits per heavy atom. The number of carbonyl (C=O) groups is 2. The van der Waals surface area contributed by atoms with Crippen LogP contribution in [0.25, 0.3) is 0 Å². The second-order valence-electron chi connectivity index (χ2n) is 12.0. The lowest BCUT2D eigenvalue weighted by Gasteiger charge is -2.42. The summed E-state index contributed by atoms with van der Waals surface area (Å²) in [6.07, 6.45) is 8.13. The maximum atomic E-state index is 13.3. The smallest absolute Gasteiger partial charge is 0.247 e. The summed E-state index contributed by atoms with van der Waals surface area (Å²) in [6, 6.07) is 5.68. The quantitative estimate of drug-likeness (QED) is 0.513. The summed E-state index contributed by atoms with van der Waals surface area (Å²) in [6.45, 7) is 12.6. The zero-order valence-corrected chi connectivity index (χ0v) is 23.5. The molecule has 5 aliphatic rings. The van der Waals surface area contributed by atoms with E-state index in [0.29, 0.717) is 36.4 Å². The van der Waals surface area contributed by atoms with Gasteiger partial charge in [0.1, 0.15) is 17.1 Å². The first-order valence-corrected chi connectivity index (χ1v) is 14.0. The highest BCUT2D eigenvalue weighted by Crippen LogP contribution is 2.40. The molecule has 0 aromatic heterocycles. The molecule has 1 aromatic carbocycles. The van der Waals surface area contributed by atoms with Crippen molar-refractivity contribution >= 4 is 17.8 Å². The lowest BCUT2D eigenvalue weighted by Crippen LogP contribution is -2.56. The molecule has 1 fully saturated rings. The van der Waals surface area contributed by atoms with Crippen LogP contribution >= 0.6 is 0 Å². The van der Waals surface area contributed by atoms with E-state index in [1.165, 1.54) is 5.56 Å². The Kier molecular flexibility index (Phi) is 7.31. The molecule has 3 N–H and O–H groups in total. The maximum Gasteiger partial charge on any atom is 0.247 e. The monoisotopic (exact) mass is 532 g/mol. The molecule has 5 aliphatic heterocycles. The lowest BCUT2D eigenvalue weighted by molar-refractivity contribution is -0.131. The second-order valence-corrected chi connectivity index (χ2v) is 12.0. The van der Waals surface area contributed by atoms with Crippen molar-refractivity contribution in [3.05, 3.63) is 65.0 Å². The van der Waals surface area contributed by atoms with Crippen molar-refractivity contribution in [2.45, 2.75) is 89.9 Å². The predicted octanol–water partition coefficient (Wildman–Crippen LogP) is 4.47. The van der Waals surface area contributed by atoms with E-state index in [-0.39, 0.29) is 41.8 Å². The summed E-state index contributed by atoms with van der Waals surface area (Å²) in [5.41, 5.74) is 9.41. The largest absolute Gasteiger partial charge is 0.493 e. The van der Waals surface area contributed by atoms with Gasteiger partial charge in [-0.15, -0.1) is 0 Å². The van der Waals surface area contributed by atoms with Crippen LogP contribution in [0.5, 0.6) is 5.75 Å². The van der Waals surface area contributed by atoms with Crippen molar-refractivity contribution in [2.24, 2.45) is 16.6 Å². The van der Waals surface area contributed by atoms with Crippen LogP contribution in [0.3, 0.4) is 0 Å². The van der Waals surface area contributed by atoms with Crippen LogP contribution in [-0.2, 0) is 20.7 Å². The number of hydrogen-bond donors (Lipinski definition) is 2. The molecular weight excluding hydrogens is 492 g/mol. The summed E-state index contributed by atoms with van der Waals surface area (Å²) in [5.74, 6) is 1.42. The maximum absolute atomic E-state index is 13.3. The minimum absolute atomic E-state index is 0.00443. The molecule has 8 nitrogen and oxygen atoms in total. The molecule has 208 valence electrons. The van der Waals surface area contributed by atoms with Crippen LogP contribution in [0.15, 0.2) is 58.8 Å². The lowest BCUT2D eigenvalue weighted by atomic mass is 9.88. The standard InChI is InChI=1S/C31H40N4O4/c1-18-10-12-25-20(3)28(19(2)17-38-25)35-27(36)15-22(33-30(35)32)9-7-6-8-21-11-13-26-23(14-21)24(34-29(18)37)16-31(4,5)39-26/h10-14,19,22,24,28H,3,6-9,15-17H2,1-2,4-5H3,(H2,32,33)(H,34,37)/b18-10+,25-12+. The van der Waals surface area contributed by atoms with E-state index < -0.39 is 5.60 Å². The Morgan fingerprint density at radius 3 is 2.77 bits per heavy atom. The number of carbonyl (C=O) groups excluding carboxylic acids is 2. The van der Waals surface area contributed by atoms with Gasteiger partial charge in [0.05, 0.1) is 24.7 Å². The molecular formula is C31H40N4O4. The fourth-order valence-corrected chi connectivity index (χ4v) is 6.09. The number of nitrogens with two attached hydrogens (primary N) is 1. The van der Waals surface area contributed by atoms with E-state index in [1.807, 2.05) is 26.8 Å². The summed E-state index contributed by atoms with van der Waals surface area (Å²) in [5, 5.41) is 3.24. The number of nitrogens with one attached hydrogen (secondary N) is 1. The van der Waals surface area contributed by atoms with Gasteiger partial charge >= 0.3 is 0 Å². The number of ether oxygens (including phenoxy) is 2. The third-order valence-corrected chi connectivity index (χ3v) is 8.17. The molecule has 4 unspecified atom stereocenters. The molecule has 0 saturated carbocycles. The van der Waals surface area contributed by atoms with Crippen LogP contribution in [-0.4, -0.2) is 47.0 Å². The molecule has 39 heavy (non-hydrogen) atoms. The molecule has 0 radical (unpaired) electrons. The second kappa shape index (κ2) is 10.5. The van der Waals surface area contributed by atoms with Crippen LogP contribution in [0.4, 0.5) is 0 Å². The van der Waals surface area contributed by atoms with Crippen molar-refractivity contribution < 1.29 is 19.1 Å². The van der Waals surface area contributed by atoms with Gasteiger partial charge in [0.25, 0.3) is 0 Å². The Labute approximate surface area is 231 Å². The van der Waals surface area contributed by atoms with Gasteiger partial charge in [-0.05, 0) is 57.7 Å². The van der Waals surface area contributed by atoms with Gasteiger partial charge in [-0.1, -0.05) is 38.1 Å². The minimum atomic E-state index is -0.395. The van der Waals surface area contributed by atoms with Crippen LogP contribution in [0, 0.1) is 5.92 Å². The highest BCUT2D eigenvalue weighted by Gasteiger charge is 2.40. The van der Waals surface area contributed by atoms with Gasteiger partial charge in [-0.2, -0.15) is 0 Å². The highest BCUT2D eigenvalue weighted by molar-refractivity contribution is 5.99. The number of guanidine groups is 1. The summed E-state index contributed by atoms with van der Waals surface area (Å²) >= 11 is 0. The van der Waals surface area contributed by atoms with Crippen LogP contribution < -0.4 is 15.8 Å². The van der Waals surface area contributed by atoms with Gasteiger partial charge < -0.3 is 20.5 Å². The first-order chi connectivity index (χ1) is 18.5. The van der Waals surface area contributed by atoms with Gasteiger partial charge in [-0.3, -0.25) is 14.5 Å². The minimum Gasteiger partial charge on any atom is -0.493 e. The van der Waals surface area contributed by atoms with E-state index >= 15 is 0 Å². The molecule has 8 heteroatoms. The number of fused-ring (bicyclic) bond motifs is 7. The summed E-state index contributed by atoms with van der Waals surface area (Å²) < 4.78 is 12.2. The Bertz CT molecular complexity index is 1280. The molecule has 1 saturated heterocycles. The van der Waals surface area contributed by atoms with E-state index in [4.69, 9.17) is 20.2 Å². The number of aryl methyl sites for hydroxylation is 1. The number of amides is 2. The molecule has 4 atom stereocenters. The summed E-state index contributed by atoms with van der Waals surface area (Å²) in [7, 11) is 0. The van der Waals surface area contributed by atoms with Crippen LogP contribution in [0.2, 0.25) is 0 Å². The zero-order valence-electron chi connectivity index (χ0n) is 23.5. The fraction of sp³-hybridized carbons (Fsp3) is 0.516. The van der Waals surface area contributed by atoms with Gasteiger partial charge in [-0.25, -0.2) is 4.99 Å². The number of benzene rings is 1. The molecule has 0 aliphatic carbocycles. The molecule has 6 bridgehead atoms. The van der Waals surface area contributed by atoms with Crippen molar-refractivity contribution in [3.8, 4) is 5.75 Å². The average molecular weight is 533 g/mol. The van der Waals surface area contributed by atoms with Gasteiger partial charge in [0, 0.05) is 35.5 Å². The summed E-state index contributed by atoms with van der Waals surface area (Å²) in [4.78, 5) is 32.9. The van der Waals surface area contributed by atoms with Gasteiger partial charge in [0.2, 0.25) is 11.8 Å². The third kappa shape index (κ3) is 5.60. The highest BCUT2D eigenvalue weighted by atomic mass is 16.5. The fourth-order valence-electron chi connectivity index (χ4n) is 6.09. The van der Waals surface area contributed by atoms with Crippen molar-refractivity contribution in [3.63, 3.8) is 0 Å². The number of aliphatic imine (C=N–C) groups is 1. The molecule has 5 heterocycles. The van der Waals surface area contributed by atoms with E-state index in [0.717, 1.165) is 37.0 Å². The Balaban J connectivity index is 1.50. The SMILES string of the molecule is C=C1/C2=C\C=C(/C)C(=O)NC3CC(C)(C)Oc4ccc(cc43)CCCCC3CC(=O)N(C(N)=N3)C1C(C)CO2. The van der Waals surface area contributed by atoms with Crippen LogP contribution in [0.1, 0.15) is 77.0 Å². The Hall–Kier alpha value is -3.55. The predicted molar refractivity (Wildman–Crippen MR) is 151 cm³/mol. The van der Waals surface area contributed by atoms with E-state index in [2.05, 4.69) is 24.0 Å². The first kappa shape index (κ1) is 27.0. The topological polar surface area (TPSA) is 106 Å². The normalized spacial score (nSPS) is 31.9. The average Bonchev–Trinajstić information content (AvgIpc) is 2.86. The number of nitrogens with zero attached hydrogens (tertiary/aromatic N) is 2. The van der Waals surface area contributed by atoms with Gasteiger partial charge in [0.15, 0.2) is 5.96 Å². The van der Waals surface area contributed by atoms with Crippen molar-refractivity contribution in [1.29, 1.82) is 0 Å². The molecule has 0 spiro atoms. The Morgan fingerprint density at radius 2 is 2.00 bits per heavy atom. The first-order valence-electron chi connectivity index (χ1n) is 14.0. The van der Waals surface area contributed by atoms with E-state index in [1.54, 1.807) is 24.0 Å². The molecule has 2 amide bonds. The molecule has 1 aromatic rings. The molecule has 6 rings (SSSR count). The number of allylic oxidation sites excluding steroid dienone is 2. The van der Waals surface area contributed by atoms with Crippen molar-refractivity contribution in [2.75, 3.05) is 6.61 Å². The number of hydrogen-bond acceptors (Lipinski definition) is 6. The van der Waals surface area contributed by atoms with E-state index in [9.17, 15) is 9.59 Å². The zero-order chi connectivity index (χ0) is 27.9. The van der Waals surface area contributed by atoms with Crippen molar-refractivity contribution in [1.82, 2.24) is 10.2 Å². The third-order valence-electron chi connectivity index (χ3n) is 8.17.